The minimum absolute atomic E-state index is 0.156. The Balaban J connectivity index is 0.000000561. The molecular formula is C7H13N3O2. The quantitative estimate of drug-likeness (QED) is 0.607. The van der Waals surface area contributed by atoms with E-state index in [1.165, 1.54) is 16.8 Å². The predicted molar refractivity (Wildman–Crippen MR) is 46.2 cm³/mol. The van der Waals surface area contributed by atoms with Gasteiger partial charge in [0, 0.05) is 13.2 Å². The highest BCUT2D eigenvalue weighted by atomic mass is 16.5. The molecule has 1 rings (SSSR count). The molecule has 0 atom stereocenters. The molecule has 2 N–H and O–H groups in total. The summed E-state index contributed by atoms with van der Waals surface area (Å²) in [6, 6.07) is 1.49. The van der Waals surface area contributed by atoms with Gasteiger partial charge in [-0.3, -0.25) is 10.7 Å². The molecule has 68 valence electrons. The van der Waals surface area contributed by atoms with E-state index >= 15 is 0 Å². The van der Waals surface area contributed by atoms with Gasteiger partial charge < -0.3 is 4.57 Å². The van der Waals surface area contributed by atoms with Gasteiger partial charge in [0.15, 0.2) is 5.82 Å². The largest absolute Gasteiger partial charge is 0.349 e. The van der Waals surface area contributed by atoms with Gasteiger partial charge in [-0.2, -0.15) is 4.98 Å². The van der Waals surface area contributed by atoms with Crippen molar-refractivity contribution < 1.29 is 5.21 Å². The van der Waals surface area contributed by atoms with Gasteiger partial charge in [0.25, 0.3) is 0 Å². The molecule has 0 unspecified atom stereocenters. The topological polar surface area (TPSA) is 67.2 Å². The SMILES string of the molecule is CC.Cn1ccc(NO)nc1=O. The van der Waals surface area contributed by atoms with Crippen LogP contribution < -0.4 is 11.2 Å². The standard InChI is InChI=1S/C5H7N3O2.C2H6/c1-8-3-2-4(7-10)6-5(8)9;1-2/h2-3,10H,1H3,(H,6,7,9);1-2H3. The minimum Gasteiger partial charge on any atom is -0.302 e. The third-order valence-electron chi connectivity index (χ3n) is 1.09. The monoisotopic (exact) mass is 171 g/mol. The third-order valence-corrected chi connectivity index (χ3v) is 1.09. The fraction of sp³-hybridized carbons (Fsp3) is 0.429. The van der Waals surface area contributed by atoms with Gasteiger partial charge in [-0.05, 0) is 6.07 Å². The summed E-state index contributed by atoms with van der Waals surface area (Å²) in [5.74, 6) is 0.156. The molecule has 0 fully saturated rings. The van der Waals surface area contributed by atoms with E-state index in [9.17, 15) is 4.79 Å². The van der Waals surface area contributed by atoms with Crippen molar-refractivity contribution in [2.24, 2.45) is 7.05 Å². The summed E-state index contributed by atoms with van der Waals surface area (Å²) in [4.78, 5) is 14.1. The summed E-state index contributed by atoms with van der Waals surface area (Å²) in [7, 11) is 1.58. The molecular weight excluding hydrogens is 158 g/mol. The molecule has 0 aliphatic rings. The lowest BCUT2D eigenvalue weighted by Gasteiger charge is -1.96. The van der Waals surface area contributed by atoms with Crippen LogP contribution in [-0.4, -0.2) is 14.8 Å². The van der Waals surface area contributed by atoms with E-state index in [4.69, 9.17) is 5.21 Å². The maximum Gasteiger partial charge on any atom is 0.349 e. The Morgan fingerprint density at radius 2 is 2.17 bits per heavy atom. The summed E-state index contributed by atoms with van der Waals surface area (Å²) in [5.41, 5.74) is 1.37. The summed E-state index contributed by atoms with van der Waals surface area (Å²) in [5, 5.41) is 8.29. The number of nitrogens with one attached hydrogen (secondary N) is 1. The summed E-state index contributed by atoms with van der Waals surface area (Å²) < 4.78 is 1.31. The van der Waals surface area contributed by atoms with Crippen LogP contribution in [0.2, 0.25) is 0 Å². The van der Waals surface area contributed by atoms with Gasteiger partial charge in [0.1, 0.15) is 0 Å². The highest BCUT2D eigenvalue weighted by Gasteiger charge is 1.92. The van der Waals surface area contributed by atoms with Gasteiger partial charge in [0.05, 0.1) is 0 Å². The zero-order valence-corrected chi connectivity index (χ0v) is 7.40. The molecule has 0 bridgehead atoms. The maximum atomic E-state index is 10.7. The second kappa shape index (κ2) is 5.31. The highest BCUT2D eigenvalue weighted by Crippen LogP contribution is 1.92. The zero-order chi connectivity index (χ0) is 9.56. The van der Waals surface area contributed by atoms with Crippen molar-refractivity contribution in [1.29, 1.82) is 0 Å². The van der Waals surface area contributed by atoms with E-state index in [1.54, 1.807) is 12.5 Å². The van der Waals surface area contributed by atoms with Crippen molar-refractivity contribution in [3.05, 3.63) is 22.7 Å². The van der Waals surface area contributed by atoms with Crippen LogP contribution in [0.4, 0.5) is 5.82 Å². The van der Waals surface area contributed by atoms with Crippen LogP contribution in [-0.2, 0) is 7.05 Å². The van der Waals surface area contributed by atoms with E-state index < -0.39 is 5.69 Å². The fourth-order valence-corrected chi connectivity index (χ4v) is 0.528. The van der Waals surface area contributed by atoms with Gasteiger partial charge in [-0.25, -0.2) is 4.79 Å². The molecule has 0 aromatic carbocycles. The maximum absolute atomic E-state index is 10.7. The van der Waals surface area contributed by atoms with E-state index in [2.05, 4.69) is 4.98 Å². The van der Waals surface area contributed by atoms with Crippen LogP contribution >= 0.6 is 0 Å². The van der Waals surface area contributed by atoms with E-state index in [-0.39, 0.29) is 5.82 Å². The van der Waals surface area contributed by atoms with Crippen LogP contribution in [0.1, 0.15) is 13.8 Å². The molecule has 12 heavy (non-hydrogen) atoms. The van der Waals surface area contributed by atoms with Gasteiger partial charge in [-0.1, -0.05) is 13.8 Å². The molecule has 5 nitrogen and oxygen atoms in total. The van der Waals surface area contributed by atoms with E-state index in [1.807, 2.05) is 13.8 Å². The lowest BCUT2D eigenvalue weighted by Crippen LogP contribution is -2.19. The number of aromatic nitrogens is 2. The Hall–Kier alpha value is -1.36. The third kappa shape index (κ3) is 2.71. The lowest BCUT2D eigenvalue weighted by atomic mass is 10.6. The Kier molecular flexibility index (Phi) is 4.71. The summed E-state index contributed by atoms with van der Waals surface area (Å²) in [6.45, 7) is 4.00. The second-order valence-electron chi connectivity index (χ2n) is 1.82. The first-order valence-corrected chi connectivity index (χ1v) is 3.68. The molecule has 1 heterocycles. The molecule has 0 saturated heterocycles. The first-order valence-electron chi connectivity index (χ1n) is 3.68. The average Bonchev–Trinajstić information content (AvgIpc) is 2.13. The predicted octanol–water partition coefficient (Wildman–Crippen LogP) is 0.608. The van der Waals surface area contributed by atoms with Crippen LogP contribution in [0.25, 0.3) is 0 Å². The number of rotatable bonds is 1. The van der Waals surface area contributed by atoms with E-state index in [0.717, 1.165) is 0 Å². The molecule has 1 aromatic rings. The average molecular weight is 171 g/mol. The number of hydrogen-bond acceptors (Lipinski definition) is 4. The van der Waals surface area contributed by atoms with Crippen molar-refractivity contribution in [3.8, 4) is 0 Å². The van der Waals surface area contributed by atoms with Crippen LogP contribution in [0.5, 0.6) is 0 Å². The molecule has 0 amide bonds. The molecule has 0 saturated carbocycles. The van der Waals surface area contributed by atoms with E-state index in [0.29, 0.717) is 0 Å². The van der Waals surface area contributed by atoms with Crippen molar-refractivity contribution in [3.63, 3.8) is 0 Å². The molecule has 5 heteroatoms. The van der Waals surface area contributed by atoms with Gasteiger partial charge >= 0.3 is 5.69 Å². The first-order chi connectivity index (χ1) is 5.74. The smallest absolute Gasteiger partial charge is 0.302 e. The first kappa shape index (κ1) is 10.6. The highest BCUT2D eigenvalue weighted by molar-refractivity contribution is 5.27. The van der Waals surface area contributed by atoms with Crippen molar-refractivity contribution in [2.45, 2.75) is 13.8 Å². The van der Waals surface area contributed by atoms with Crippen LogP contribution in [0.3, 0.4) is 0 Å². The molecule has 1 aromatic heterocycles. The Morgan fingerprint density at radius 3 is 2.58 bits per heavy atom. The van der Waals surface area contributed by atoms with Crippen molar-refractivity contribution in [2.75, 3.05) is 5.48 Å². The molecule has 0 radical (unpaired) electrons. The van der Waals surface area contributed by atoms with Crippen molar-refractivity contribution >= 4 is 5.82 Å². The van der Waals surface area contributed by atoms with Crippen LogP contribution in [0, 0.1) is 0 Å². The fourth-order valence-electron chi connectivity index (χ4n) is 0.528. The van der Waals surface area contributed by atoms with Gasteiger partial charge in [0.2, 0.25) is 0 Å². The number of hydrogen-bond donors (Lipinski definition) is 2. The lowest BCUT2D eigenvalue weighted by molar-refractivity contribution is 0.385. The number of anilines is 1. The Bertz CT molecular complexity index is 282. The van der Waals surface area contributed by atoms with Gasteiger partial charge in [-0.15, -0.1) is 0 Å². The Morgan fingerprint density at radius 1 is 1.58 bits per heavy atom. The minimum atomic E-state index is -0.404. The second-order valence-corrected chi connectivity index (χ2v) is 1.82. The summed E-state index contributed by atoms with van der Waals surface area (Å²) >= 11 is 0. The molecule has 0 aliphatic heterocycles. The Labute approximate surface area is 70.6 Å². The zero-order valence-electron chi connectivity index (χ0n) is 7.40. The number of aryl methyl sites for hydroxylation is 1. The summed E-state index contributed by atoms with van der Waals surface area (Å²) in [6.07, 6.45) is 1.51. The van der Waals surface area contributed by atoms with Crippen molar-refractivity contribution in [1.82, 2.24) is 9.55 Å². The molecule has 0 spiro atoms. The van der Waals surface area contributed by atoms with Crippen LogP contribution in [0.15, 0.2) is 17.1 Å². The normalized spacial score (nSPS) is 8.33. The molecule has 0 aliphatic carbocycles. The number of nitrogens with zero attached hydrogens (tertiary/aromatic N) is 2.